The highest BCUT2D eigenvalue weighted by Crippen LogP contribution is 2.30. The Labute approximate surface area is 135 Å². The van der Waals surface area contributed by atoms with E-state index in [2.05, 4.69) is 16.8 Å². The highest BCUT2D eigenvalue weighted by atomic mass is 16.5. The van der Waals surface area contributed by atoms with E-state index >= 15 is 0 Å². The average Bonchev–Trinajstić information content (AvgIpc) is 2.81. The average molecular weight is 315 g/mol. The summed E-state index contributed by atoms with van der Waals surface area (Å²) in [7, 11) is 0. The summed E-state index contributed by atoms with van der Waals surface area (Å²) in [5.41, 5.74) is 2.01. The minimum absolute atomic E-state index is 0.00938. The number of benzene rings is 1. The first-order chi connectivity index (χ1) is 11.2. The first kappa shape index (κ1) is 15.7. The maximum Gasteiger partial charge on any atom is 0.259 e. The minimum Gasteiger partial charge on any atom is -0.379 e. The van der Waals surface area contributed by atoms with Gasteiger partial charge < -0.3 is 10.1 Å². The van der Waals surface area contributed by atoms with E-state index in [9.17, 15) is 9.59 Å². The number of carbonyl (C=O) groups is 2. The van der Waals surface area contributed by atoms with Crippen LogP contribution in [0, 0.1) is 0 Å². The van der Waals surface area contributed by atoms with Gasteiger partial charge in [0.15, 0.2) is 0 Å². The standard InChI is InChI=1S/C17H21N3O3/c1-13-14-4-2-3-5-15(14)17(22)20(13)12-16(21)18-6-7-19-8-10-23-11-9-19/h2-5H,1,6-12H2,(H,18,21). The summed E-state index contributed by atoms with van der Waals surface area (Å²) >= 11 is 0. The second-order valence-corrected chi connectivity index (χ2v) is 5.69. The molecule has 0 unspecified atom stereocenters. The highest BCUT2D eigenvalue weighted by Gasteiger charge is 2.31. The fraction of sp³-hybridized carbons (Fsp3) is 0.412. The van der Waals surface area contributed by atoms with Crippen LogP contribution in [0.1, 0.15) is 15.9 Å². The number of hydrogen-bond acceptors (Lipinski definition) is 4. The lowest BCUT2D eigenvalue weighted by atomic mass is 10.1. The van der Waals surface area contributed by atoms with E-state index < -0.39 is 0 Å². The first-order valence-electron chi connectivity index (χ1n) is 7.84. The number of morpholine rings is 1. The molecule has 2 aliphatic heterocycles. The van der Waals surface area contributed by atoms with Crippen molar-refractivity contribution in [3.63, 3.8) is 0 Å². The van der Waals surface area contributed by atoms with Gasteiger partial charge in [0, 0.05) is 43.0 Å². The minimum atomic E-state index is -0.166. The molecule has 1 aromatic rings. The van der Waals surface area contributed by atoms with Crippen molar-refractivity contribution in [2.45, 2.75) is 0 Å². The smallest absolute Gasteiger partial charge is 0.259 e. The molecule has 122 valence electrons. The van der Waals surface area contributed by atoms with E-state index in [0.717, 1.165) is 38.4 Å². The van der Waals surface area contributed by atoms with Gasteiger partial charge in [-0.2, -0.15) is 0 Å². The summed E-state index contributed by atoms with van der Waals surface area (Å²) < 4.78 is 5.29. The maximum atomic E-state index is 12.3. The number of amides is 2. The van der Waals surface area contributed by atoms with Crippen LogP contribution < -0.4 is 5.32 Å². The Morgan fingerprint density at radius 1 is 1.22 bits per heavy atom. The van der Waals surface area contributed by atoms with Crippen molar-refractivity contribution in [3.8, 4) is 0 Å². The van der Waals surface area contributed by atoms with E-state index in [1.54, 1.807) is 6.07 Å². The highest BCUT2D eigenvalue weighted by molar-refractivity contribution is 6.10. The van der Waals surface area contributed by atoms with Gasteiger partial charge in [-0.15, -0.1) is 0 Å². The monoisotopic (exact) mass is 315 g/mol. The van der Waals surface area contributed by atoms with Crippen LogP contribution in [-0.2, 0) is 9.53 Å². The van der Waals surface area contributed by atoms with Gasteiger partial charge in [-0.25, -0.2) is 0 Å². The lowest BCUT2D eigenvalue weighted by Crippen LogP contribution is -2.43. The van der Waals surface area contributed by atoms with Crippen molar-refractivity contribution in [1.29, 1.82) is 0 Å². The quantitative estimate of drug-likeness (QED) is 0.862. The van der Waals surface area contributed by atoms with Crippen LogP contribution >= 0.6 is 0 Å². The van der Waals surface area contributed by atoms with Crippen molar-refractivity contribution in [1.82, 2.24) is 15.1 Å². The molecule has 6 heteroatoms. The molecule has 1 aromatic carbocycles. The topological polar surface area (TPSA) is 61.9 Å². The molecule has 0 saturated carbocycles. The molecule has 3 rings (SSSR count). The Kier molecular flexibility index (Phi) is 4.73. The van der Waals surface area contributed by atoms with Gasteiger partial charge in [-0.1, -0.05) is 24.8 Å². The molecule has 1 saturated heterocycles. The van der Waals surface area contributed by atoms with E-state index in [4.69, 9.17) is 4.74 Å². The van der Waals surface area contributed by atoms with Gasteiger partial charge in [0.25, 0.3) is 5.91 Å². The van der Waals surface area contributed by atoms with Gasteiger partial charge in [-0.05, 0) is 6.07 Å². The molecular weight excluding hydrogens is 294 g/mol. The van der Waals surface area contributed by atoms with Crippen LogP contribution in [0.4, 0.5) is 0 Å². The Bertz CT molecular complexity index is 588. The molecule has 0 aliphatic carbocycles. The largest absolute Gasteiger partial charge is 0.379 e. The summed E-state index contributed by atoms with van der Waals surface area (Å²) in [5, 5.41) is 2.87. The van der Waals surface area contributed by atoms with E-state index in [0.29, 0.717) is 17.8 Å². The molecule has 23 heavy (non-hydrogen) atoms. The van der Waals surface area contributed by atoms with Gasteiger partial charge in [0.1, 0.15) is 6.54 Å². The molecule has 0 bridgehead atoms. The first-order valence-corrected chi connectivity index (χ1v) is 7.84. The third-order valence-corrected chi connectivity index (χ3v) is 4.19. The zero-order valence-corrected chi connectivity index (χ0v) is 13.1. The fourth-order valence-corrected chi connectivity index (χ4v) is 2.88. The number of fused-ring (bicyclic) bond motifs is 1. The van der Waals surface area contributed by atoms with Gasteiger partial charge in [-0.3, -0.25) is 19.4 Å². The predicted octanol–water partition coefficient (Wildman–Crippen LogP) is 0.562. The van der Waals surface area contributed by atoms with Gasteiger partial charge >= 0.3 is 0 Å². The van der Waals surface area contributed by atoms with Crippen molar-refractivity contribution in [2.75, 3.05) is 45.9 Å². The maximum absolute atomic E-state index is 12.3. The number of ether oxygens (including phenoxy) is 1. The lowest BCUT2D eigenvalue weighted by molar-refractivity contribution is -0.121. The summed E-state index contributed by atoms with van der Waals surface area (Å²) in [5.74, 6) is -0.325. The van der Waals surface area contributed by atoms with Crippen LogP contribution in [-0.4, -0.2) is 67.6 Å². The van der Waals surface area contributed by atoms with Crippen LogP contribution in [0.2, 0.25) is 0 Å². The zero-order valence-electron chi connectivity index (χ0n) is 13.1. The molecule has 2 heterocycles. The van der Waals surface area contributed by atoms with E-state index in [1.165, 1.54) is 4.90 Å². The van der Waals surface area contributed by atoms with Crippen LogP contribution in [0.15, 0.2) is 30.8 Å². The molecule has 0 radical (unpaired) electrons. The van der Waals surface area contributed by atoms with E-state index in [1.807, 2.05) is 18.2 Å². The molecular formula is C17H21N3O3. The van der Waals surface area contributed by atoms with E-state index in [-0.39, 0.29) is 18.4 Å². The molecule has 2 amide bonds. The summed E-state index contributed by atoms with van der Waals surface area (Å²) in [6.45, 7) is 8.59. The molecule has 2 aliphatic rings. The van der Waals surface area contributed by atoms with Crippen molar-refractivity contribution in [2.24, 2.45) is 0 Å². The summed E-state index contributed by atoms with van der Waals surface area (Å²) in [6, 6.07) is 7.30. The van der Waals surface area contributed by atoms with Crippen LogP contribution in [0.25, 0.3) is 5.70 Å². The zero-order chi connectivity index (χ0) is 16.2. The molecule has 1 fully saturated rings. The second-order valence-electron chi connectivity index (χ2n) is 5.69. The van der Waals surface area contributed by atoms with Crippen molar-refractivity contribution in [3.05, 3.63) is 42.0 Å². The second kappa shape index (κ2) is 6.93. The number of hydrogen-bond donors (Lipinski definition) is 1. The van der Waals surface area contributed by atoms with Gasteiger partial charge in [0.2, 0.25) is 5.91 Å². The normalized spacial score (nSPS) is 18.2. The summed E-state index contributed by atoms with van der Waals surface area (Å²) in [6.07, 6.45) is 0. The molecule has 0 spiro atoms. The van der Waals surface area contributed by atoms with Crippen LogP contribution in [0.5, 0.6) is 0 Å². The Morgan fingerprint density at radius 3 is 2.61 bits per heavy atom. The summed E-state index contributed by atoms with van der Waals surface area (Å²) in [4.78, 5) is 28.1. The number of nitrogens with one attached hydrogen (secondary N) is 1. The van der Waals surface area contributed by atoms with Crippen molar-refractivity contribution < 1.29 is 14.3 Å². The lowest BCUT2D eigenvalue weighted by Gasteiger charge is -2.26. The number of rotatable bonds is 5. The van der Waals surface area contributed by atoms with Crippen molar-refractivity contribution >= 4 is 17.5 Å². The van der Waals surface area contributed by atoms with Gasteiger partial charge in [0.05, 0.1) is 13.2 Å². The molecule has 6 nitrogen and oxygen atoms in total. The number of nitrogens with zero attached hydrogens (tertiary/aromatic N) is 2. The Hall–Kier alpha value is -2.18. The predicted molar refractivity (Wildman–Crippen MR) is 86.8 cm³/mol. The molecule has 1 N–H and O–H groups in total. The third kappa shape index (κ3) is 3.43. The SMILES string of the molecule is C=C1c2ccccc2C(=O)N1CC(=O)NCCN1CCOCC1. The Morgan fingerprint density at radius 2 is 1.91 bits per heavy atom. The van der Waals surface area contributed by atoms with Crippen LogP contribution in [0.3, 0.4) is 0 Å². The number of carbonyl (C=O) groups excluding carboxylic acids is 2. The fourth-order valence-electron chi connectivity index (χ4n) is 2.88. The molecule has 0 atom stereocenters. The molecule has 0 aromatic heterocycles. The third-order valence-electron chi connectivity index (χ3n) is 4.19. The Balaban J connectivity index is 1.49.